The second-order valence-electron chi connectivity index (χ2n) is 3.10. The molecule has 0 atom stereocenters. The smallest absolute Gasteiger partial charge is 0.283 e. The lowest BCUT2D eigenvalue weighted by atomic mass is 10.5. The molecule has 1 fully saturated rings. The summed E-state index contributed by atoms with van der Waals surface area (Å²) < 4.78 is 31.5. The molecule has 0 bridgehead atoms. The molecule has 1 heterocycles. The maximum Gasteiger partial charge on any atom is 0.283 e. The van der Waals surface area contributed by atoms with Crippen molar-refractivity contribution in [3.63, 3.8) is 0 Å². The Balaban J connectivity index is 2.75. The van der Waals surface area contributed by atoms with Gasteiger partial charge in [-0.25, -0.2) is 0 Å². The van der Waals surface area contributed by atoms with E-state index in [9.17, 15) is 8.42 Å². The Bertz CT molecular complexity index is 330. The minimum atomic E-state index is -3.47. The highest BCUT2D eigenvalue weighted by Gasteiger charge is 2.29. The third-order valence-electron chi connectivity index (χ3n) is 2.22. The molecule has 0 amide bonds. The molecule has 15 heavy (non-hydrogen) atoms. The molecule has 0 radical (unpaired) electrons. The van der Waals surface area contributed by atoms with Crippen LogP contribution in [0.1, 0.15) is 6.92 Å². The Morgan fingerprint density at radius 1 is 1.47 bits per heavy atom. The third kappa shape index (κ3) is 2.89. The molecular formula is C8H15N3O3S. The van der Waals surface area contributed by atoms with Gasteiger partial charge in [-0.3, -0.25) is 0 Å². The van der Waals surface area contributed by atoms with Crippen molar-refractivity contribution < 1.29 is 13.2 Å². The molecule has 0 aromatic carbocycles. The fourth-order valence-electron chi connectivity index (χ4n) is 1.38. The van der Waals surface area contributed by atoms with Crippen molar-refractivity contribution in [1.82, 2.24) is 8.61 Å². The Kier molecular flexibility index (Phi) is 4.47. The lowest BCUT2D eigenvalue weighted by Gasteiger charge is -2.30. The van der Waals surface area contributed by atoms with E-state index in [1.54, 1.807) is 6.92 Å². The number of ether oxygens (including phenoxy) is 1. The molecule has 1 saturated heterocycles. The van der Waals surface area contributed by atoms with E-state index in [2.05, 4.69) is 0 Å². The van der Waals surface area contributed by atoms with E-state index < -0.39 is 10.2 Å². The molecule has 0 unspecified atom stereocenters. The number of morpholine rings is 1. The molecule has 0 saturated carbocycles. The summed E-state index contributed by atoms with van der Waals surface area (Å²) >= 11 is 0. The van der Waals surface area contributed by atoms with Crippen LogP contribution in [0.4, 0.5) is 0 Å². The van der Waals surface area contributed by atoms with Gasteiger partial charge in [0.05, 0.1) is 19.3 Å². The minimum absolute atomic E-state index is 0.101. The van der Waals surface area contributed by atoms with Crippen molar-refractivity contribution in [2.75, 3.05) is 39.4 Å². The summed E-state index contributed by atoms with van der Waals surface area (Å²) in [6, 6.07) is 1.85. The molecule has 0 aromatic rings. The van der Waals surface area contributed by atoms with Gasteiger partial charge < -0.3 is 4.74 Å². The molecule has 0 aliphatic carbocycles. The second kappa shape index (κ2) is 5.42. The first kappa shape index (κ1) is 12.4. The fourth-order valence-corrected chi connectivity index (χ4v) is 2.86. The zero-order valence-corrected chi connectivity index (χ0v) is 9.53. The van der Waals surface area contributed by atoms with Crippen LogP contribution in [0.2, 0.25) is 0 Å². The molecule has 1 aliphatic rings. The van der Waals surface area contributed by atoms with Crippen LogP contribution < -0.4 is 0 Å². The van der Waals surface area contributed by atoms with Crippen molar-refractivity contribution in [3.05, 3.63) is 0 Å². The number of nitrogens with zero attached hydrogens (tertiary/aromatic N) is 3. The van der Waals surface area contributed by atoms with Crippen molar-refractivity contribution in [1.29, 1.82) is 5.26 Å². The van der Waals surface area contributed by atoms with E-state index in [1.807, 2.05) is 6.07 Å². The topological polar surface area (TPSA) is 73.6 Å². The van der Waals surface area contributed by atoms with Gasteiger partial charge in [-0.1, -0.05) is 6.92 Å². The van der Waals surface area contributed by atoms with Crippen LogP contribution in [0, 0.1) is 11.3 Å². The highest BCUT2D eigenvalue weighted by Crippen LogP contribution is 2.09. The molecule has 0 aromatic heterocycles. The monoisotopic (exact) mass is 233 g/mol. The van der Waals surface area contributed by atoms with Crippen molar-refractivity contribution in [2.24, 2.45) is 0 Å². The average molecular weight is 233 g/mol. The van der Waals surface area contributed by atoms with Crippen molar-refractivity contribution >= 4 is 10.2 Å². The van der Waals surface area contributed by atoms with Gasteiger partial charge in [-0.15, -0.1) is 0 Å². The van der Waals surface area contributed by atoms with E-state index in [0.29, 0.717) is 32.8 Å². The van der Waals surface area contributed by atoms with Gasteiger partial charge in [0.15, 0.2) is 0 Å². The van der Waals surface area contributed by atoms with Crippen LogP contribution >= 0.6 is 0 Å². The van der Waals surface area contributed by atoms with Crippen LogP contribution in [-0.2, 0) is 14.9 Å². The number of hydrogen-bond donors (Lipinski definition) is 0. The first-order chi connectivity index (χ1) is 7.12. The summed E-state index contributed by atoms with van der Waals surface area (Å²) in [5.74, 6) is 0. The van der Waals surface area contributed by atoms with Crippen LogP contribution in [0.15, 0.2) is 0 Å². The Labute approximate surface area is 90.2 Å². The standard InChI is InChI=1S/C8H15N3O3S/c1-2-10(4-3-9)15(12,13)11-5-7-14-8-6-11/h2,4-8H2,1H3. The zero-order chi connectivity index (χ0) is 11.3. The molecule has 1 aliphatic heterocycles. The summed E-state index contributed by atoms with van der Waals surface area (Å²) in [7, 11) is -3.47. The highest BCUT2D eigenvalue weighted by atomic mass is 32.2. The lowest BCUT2D eigenvalue weighted by molar-refractivity contribution is 0.0705. The van der Waals surface area contributed by atoms with Gasteiger partial charge in [0, 0.05) is 19.6 Å². The highest BCUT2D eigenvalue weighted by molar-refractivity contribution is 7.86. The molecule has 6 nitrogen and oxygen atoms in total. The van der Waals surface area contributed by atoms with Gasteiger partial charge in [0.2, 0.25) is 0 Å². The van der Waals surface area contributed by atoms with Crippen LogP contribution in [0.3, 0.4) is 0 Å². The fraction of sp³-hybridized carbons (Fsp3) is 0.875. The number of nitriles is 1. The molecule has 0 N–H and O–H groups in total. The SMILES string of the molecule is CCN(CC#N)S(=O)(=O)N1CCOCC1. The van der Waals surface area contributed by atoms with Crippen molar-refractivity contribution in [2.45, 2.75) is 6.92 Å². The van der Waals surface area contributed by atoms with Gasteiger partial charge in [0.1, 0.15) is 6.54 Å². The lowest BCUT2D eigenvalue weighted by Crippen LogP contribution is -2.48. The Morgan fingerprint density at radius 2 is 2.07 bits per heavy atom. The van der Waals surface area contributed by atoms with E-state index in [1.165, 1.54) is 8.61 Å². The van der Waals surface area contributed by atoms with Crippen LogP contribution in [0.25, 0.3) is 0 Å². The molecule has 7 heteroatoms. The molecular weight excluding hydrogens is 218 g/mol. The average Bonchev–Trinajstić information content (AvgIpc) is 2.27. The van der Waals surface area contributed by atoms with E-state index >= 15 is 0 Å². The zero-order valence-electron chi connectivity index (χ0n) is 8.72. The van der Waals surface area contributed by atoms with E-state index in [-0.39, 0.29) is 6.54 Å². The minimum Gasteiger partial charge on any atom is -0.379 e. The van der Waals surface area contributed by atoms with E-state index in [0.717, 1.165) is 0 Å². The molecule has 1 rings (SSSR count). The second-order valence-corrected chi connectivity index (χ2v) is 5.03. The van der Waals surface area contributed by atoms with Gasteiger partial charge in [-0.2, -0.15) is 22.3 Å². The Hall–Kier alpha value is -0.680. The molecule has 86 valence electrons. The summed E-state index contributed by atoms with van der Waals surface area (Å²) in [4.78, 5) is 0. The first-order valence-electron chi connectivity index (χ1n) is 4.83. The largest absolute Gasteiger partial charge is 0.379 e. The van der Waals surface area contributed by atoms with Gasteiger partial charge >= 0.3 is 0 Å². The quantitative estimate of drug-likeness (QED) is 0.608. The third-order valence-corrected chi connectivity index (χ3v) is 4.28. The summed E-state index contributed by atoms with van der Waals surface area (Å²) in [6.45, 7) is 3.50. The normalized spacial score (nSPS) is 19.0. The van der Waals surface area contributed by atoms with Gasteiger partial charge in [0.25, 0.3) is 10.2 Å². The first-order valence-corrected chi connectivity index (χ1v) is 6.22. The van der Waals surface area contributed by atoms with Crippen molar-refractivity contribution in [3.8, 4) is 6.07 Å². The van der Waals surface area contributed by atoms with Crippen LogP contribution in [0.5, 0.6) is 0 Å². The Morgan fingerprint density at radius 3 is 2.53 bits per heavy atom. The van der Waals surface area contributed by atoms with Crippen LogP contribution in [-0.4, -0.2) is 56.4 Å². The van der Waals surface area contributed by atoms with E-state index in [4.69, 9.17) is 10.00 Å². The predicted octanol–water partition coefficient (Wildman–Crippen LogP) is -0.591. The summed E-state index contributed by atoms with van der Waals surface area (Å²) in [5.41, 5.74) is 0. The number of rotatable bonds is 4. The van der Waals surface area contributed by atoms with Gasteiger partial charge in [-0.05, 0) is 0 Å². The summed E-state index contributed by atoms with van der Waals surface area (Å²) in [6.07, 6.45) is 0. The number of hydrogen-bond acceptors (Lipinski definition) is 4. The maximum absolute atomic E-state index is 12.0. The maximum atomic E-state index is 12.0. The predicted molar refractivity (Wildman–Crippen MR) is 54.2 cm³/mol. The molecule has 0 spiro atoms. The summed E-state index contributed by atoms with van der Waals surface area (Å²) in [5, 5.41) is 8.53.